The number of nitrogens with two attached hydrogens (primary N) is 1. The van der Waals surface area contributed by atoms with Crippen molar-refractivity contribution in [3.63, 3.8) is 0 Å². The van der Waals surface area contributed by atoms with E-state index in [-0.39, 0.29) is 0 Å². The molecule has 0 radical (unpaired) electrons. The van der Waals surface area contributed by atoms with Crippen molar-refractivity contribution in [1.82, 2.24) is 4.90 Å². The summed E-state index contributed by atoms with van der Waals surface area (Å²) in [6, 6.07) is 10.6. The molecule has 0 spiro atoms. The van der Waals surface area contributed by atoms with Crippen LogP contribution in [-0.2, 0) is 0 Å². The second-order valence-corrected chi connectivity index (χ2v) is 3.62. The summed E-state index contributed by atoms with van der Waals surface area (Å²) in [5.74, 6) is 0. The number of anilines is 1. The third-order valence-electron chi connectivity index (χ3n) is 2.75. The first-order valence-corrected chi connectivity index (χ1v) is 7.12. The zero-order valence-corrected chi connectivity index (χ0v) is 12.4. The Kier molecular flexibility index (Phi) is 10.4. The highest BCUT2D eigenvalue weighted by atomic mass is 15.3. The van der Waals surface area contributed by atoms with Crippen LogP contribution in [0.1, 0.15) is 27.7 Å². The van der Waals surface area contributed by atoms with Gasteiger partial charge in [-0.25, -0.2) is 0 Å². The second kappa shape index (κ2) is 11.1. The lowest BCUT2D eigenvalue weighted by Crippen LogP contribution is -2.48. The van der Waals surface area contributed by atoms with Gasteiger partial charge in [-0.15, -0.1) is 0 Å². The van der Waals surface area contributed by atoms with Crippen molar-refractivity contribution in [2.24, 2.45) is 5.73 Å². The summed E-state index contributed by atoms with van der Waals surface area (Å²) in [6.45, 7) is 13.0. The second-order valence-electron chi connectivity index (χ2n) is 3.62. The molecule has 0 aromatic heterocycles. The van der Waals surface area contributed by atoms with E-state index in [1.807, 2.05) is 27.7 Å². The maximum absolute atomic E-state index is 5.59. The molecule has 0 amide bonds. The van der Waals surface area contributed by atoms with Crippen molar-refractivity contribution in [2.45, 2.75) is 27.7 Å². The van der Waals surface area contributed by atoms with E-state index in [1.54, 1.807) is 0 Å². The van der Waals surface area contributed by atoms with Crippen molar-refractivity contribution >= 4 is 5.69 Å². The molecule has 0 aliphatic carbocycles. The van der Waals surface area contributed by atoms with E-state index in [2.05, 4.69) is 40.1 Å². The van der Waals surface area contributed by atoms with Crippen LogP contribution in [0.2, 0.25) is 0 Å². The summed E-state index contributed by atoms with van der Waals surface area (Å²) in [4.78, 5) is 4.69. The monoisotopic (exact) mass is 251 g/mol. The van der Waals surface area contributed by atoms with Gasteiger partial charge in [0.1, 0.15) is 0 Å². The Morgan fingerprint density at radius 1 is 0.889 bits per heavy atom. The Bertz CT molecular complexity index is 266. The van der Waals surface area contributed by atoms with Crippen LogP contribution in [0.15, 0.2) is 30.3 Å². The van der Waals surface area contributed by atoms with Gasteiger partial charge in [0.05, 0.1) is 0 Å². The Balaban J connectivity index is 0.000000659. The zero-order chi connectivity index (χ0) is 13.8. The van der Waals surface area contributed by atoms with E-state index in [0.717, 1.165) is 26.2 Å². The molecule has 1 saturated heterocycles. The van der Waals surface area contributed by atoms with E-state index in [1.165, 1.54) is 5.69 Å². The molecule has 0 saturated carbocycles. The van der Waals surface area contributed by atoms with Crippen molar-refractivity contribution < 1.29 is 0 Å². The molecule has 3 heteroatoms. The van der Waals surface area contributed by atoms with Gasteiger partial charge in [-0.05, 0) is 12.1 Å². The summed E-state index contributed by atoms with van der Waals surface area (Å²) in [5.41, 5.74) is 6.92. The topological polar surface area (TPSA) is 32.5 Å². The molecule has 18 heavy (non-hydrogen) atoms. The first-order chi connectivity index (χ1) is 8.90. The quantitative estimate of drug-likeness (QED) is 0.877. The highest BCUT2D eigenvalue weighted by Crippen LogP contribution is 2.14. The van der Waals surface area contributed by atoms with Crippen LogP contribution in [-0.4, -0.2) is 37.7 Å². The van der Waals surface area contributed by atoms with Crippen LogP contribution in [0.3, 0.4) is 0 Å². The minimum absolute atomic E-state index is 0.683. The Labute approximate surface area is 113 Å². The molecule has 0 atom stereocenters. The van der Waals surface area contributed by atoms with Gasteiger partial charge in [0, 0.05) is 38.5 Å². The molecule has 2 rings (SSSR count). The molecule has 0 bridgehead atoms. The summed E-state index contributed by atoms with van der Waals surface area (Å²) < 4.78 is 0. The number of rotatable bonds is 2. The van der Waals surface area contributed by atoms with Gasteiger partial charge in [0.2, 0.25) is 0 Å². The number of para-hydroxylation sites is 1. The molecule has 1 aliphatic rings. The van der Waals surface area contributed by atoms with Crippen LogP contribution in [0.4, 0.5) is 5.69 Å². The van der Waals surface area contributed by atoms with Gasteiger partial charge in [-0.2, -0.15) is 0 Å². The maximum atomic E-state index is 5.59. The molecule has 1 aromatic rings. The van der Waals surface area contributed by atoms with Gasteiger partial charge >= 0.3 is 0 Å². The van der Waals surface area contributed by atoms with E-state index < -0.39 is 0 Å². The first kappa shape index (κ1) is 16.9. The molecule has 104 valence electrons. The predicted octanol–water partition coefficient (Wildman–Crippen LogP) is 2.78. The van der Waals surface area contributed by atoms with Gasteiger partial charge in [-0.1, -0.05) is 45.9 Å². The molecule has 1 heterocycles. The van der Waals surface area contributed by atoms with Crippen molar-refractivity contribution in [3.05, 3.63) is 30.3 Å². The lowest BCUT2D eigenvalue weighted by molar-refractivity contribution is 0.265. The van der Waals surface area contributed by atoms with E-state index in [4.69, 9.17) is 5.73 Å². The standard InChI is InChI=1S/C11H17N3.2C2H6/c12-10-13-6-8-14(9-7-13)11-4-2-1-3-5-11;2*1-2/h1-5H,6-10,12H2;2*1-2H3. The SMILES string of the molecule is CC.CC.NCN1CCN(c2ccccc2)CC1. The Morgan fingerprint density at radius 2 is 1.39 bits per heavy atom. The average Bonchev–Trinajstić information content (AvgIpc) is 2.52. The molecule has 3 nitrogen and oxygen atoms in total. The molecule has 0 unspecified atom stereocenters. The number of benzene rings is 1. The van der Waals surface area contributed by atoms with Crippen LogP contribution >= 0.6 is 0 Å². The van der Waals surface area contributed by atoms with Gasteiger partial charge < -0.3 is 10.6 Å². The van der Waals surface area contributed by atoms with Crippen molar-refractivity contribution in [1.29, 1.82) is 0 Å². The number of hydrogen-bond donors (Lipinski definition) is 1. The van der Waals surface area contributed by atoms with Gasteiger partial charge in [0.15, 0.2) is 0 Å². The lowest BCUT2D eigenvalue weighted by atomic mass is 10.2. The molecule has 2 N–H and O–H groups in total. The predicted molar refractivity (Wildman–Crippen MR) is 82.0 cm³/mol. The lowest BCUT2D eigenvalue weighted by Gasteiger charge is -2.35. The van der Waals surface area contributed by atoms with E-state index in [0.29, 0.717) is 6.67 Å². The van der Waals surface area contributed by atoms with Gasteiger partial charge in [-0.3, -0.25) is 4.90 Å². The highest BCUT2D eigenvalue weighted by Gasteiger charge is 2.15. The molecule has 1 aromatic carbocycles. The summed E-state index contributed by atoms with van der Waals surface area (Å²) in [7, 11) is 0. The van der Waals surface area contributed by atoms with Crippen molar-refractivity contribution in [3.8, 4) is 0 Å². The number of hydrogen-bond acceptors (Lipinski definition) is 3. The molecule has 1 fully saturated rings. The maximum Gasteiger partial charge on any atom is 0.0456 e. The van der Waals surface area contributed by atoms with Crippen LogP contribution in [0, 0.1) is 0 Å². The molecule has 1 aliphatic heterocycles. The molecular weight excluding hydrogens is 222 g/mol. The van der Waals surface area contributed by atoms with E-state index in [9.17, 15) is 0 Å². The van der Waals surface area contributed by atoms with Gasteiger partial charge in [0.25, 0.3) is 0 Å². The highest BCUT2D eigenvalue weighted by molar-refractivity contribution is 5.46. The minimum atomic E-state index is 0.683. The minimum Gasteiger partial charge on any atom is -0.369 e. The van der Waals surface area contributed by atoms with Crippen molar-refractivity contribution in [2.75, 3.05) is 37.7 Å². The normalized spacial score (nSPS) is 15.1. The largest absolute Gasteiger partial charge is 0.369 e. The number of nitrogens with zero attached hydrogens (tertiary/aromatic N) is 2. The fraction of sp³-hybridized carbons (Fsp3) is 0.600. The third kappa shape index (κ3) is 5.52. The van der Waals surface area contributed by atoms with E-state index >= 15 is 0 Å². The zero-order valence-electron chi connectivity index (χ0n) is 12.4. The first-order valence-electron chi connectivity index (χ1n) is 7.12. The number of piperazine rings is 1. The Hall–Kier alpha value is -1.06. The fourth-order valence-electron chi connectivity index (χ4n) is 1.83. The van der Waals surface area contributed by atoms with Crippen LogP contribution < -0.4 is 10.6 Å². The fourth-order valence-corrected chi connectivity index (χ4v) is 1.83. The third-order valence-corrected chi connectivity index (χ3v) is 2.75. The average molecular weight is 251 g/mol. The smallest absolute Gasteiger partial charge is 0.0456 e. The van der Waals surface area contributed by atoms with Crippen LogP contribution in [0.5, 0.6) is 0 Å². The summed E-state index contributed by atoms with van der Waals surface area (Å²) in [5, 5.41) is 0. The summed E-state index contributed by atoms with van der Waals surface area (Å²) in [6.07, 6.45) is 0. The molecular formula is C15H29N3. The summed E-state index contributed by atoms with van der Waals surface area (Å²) >= 11 is 0. The Morgan fingerprint density at radius 3 is 1.83 bits per heavy atom. The van der Waals surface area contributed by atoms with Crippen LogP contribution in [0.25, 0.3) is 0 Å².